The molecule has 4 rings (SSSR count). The van der Waals surface area contributed by atoms with Gasteiger partial charge in [0.2, 0.25) is 15.9 Å². The van der Waals surface area contributed by atoms with Crippen molar-refractivity contribution in [2.24, 2.45) is 20.6 Å². The van der Waals surface area contributed by atoms with Gasteiger partial charge in [-0.15, -0.1) is 15.3 Å². The number of hydrogen-bond acceptors (Lipinski definition) is 8. The Bertz CT molecular complexity index is 1630. The number of aryl methyl sites for hydroxylation is 1. The Morgan fingerprint density at radius 3 is 2.10 bits per heavy atom. The SMILES string of the molecule is CCCCN(CCCC)S(=O)(=O)c1cc(N=NO)c(N=Nc2c(C)nn(-c3ccccc3)c2O)c2ccccc12. The summed E-state index contributed by atoms with van der Waals surface area (Å²) >= 11 is 0. The van der Waals surface area contributed by atoms with E-state index in [2.05, 4.69) is 25.7 Å². The Labute approximate surface area is 233 Å². The van der Waals surface area contributed by atoms with E-state index in [0.29, 0.717) is 35.2 Å². The van der Waals surface area contributed by atoms with Crippen LogP contribution in [0.15, 0.2) is 86.2 Å². The zero-order valence-corrected chi connectivity index (χ0v) is 23.6. The normalized spacial score (nSPS) is 12.4. The van der Waals surface area contributed by atoms with E-state index in [1.807, 2.05) is 32.0 Å². The topological polar surface area (TPSA) is 145 Å². The summed E-state index contributed by atoms with van der Waals surface area (Å²) in [6.07, 6.45) is 3.18. The van der Waals surface area contributed by atoms with Crippen LogP contribution < -0.4 is 0 Å². The molecule has 0 bridgehead atoms. The van der Waals surface area contributed by atoms with E-state index in [-0.39, 0.29) is 27.8 Å². The van der Waals surface area contributed by atoms with Crippen LogP contribution >= 0.6 is 0 Å². The molecule has 12 heteroatoms. The fourth-order valence-electron chi connectivity index (χ4n) is 4.39. The lowest BCUT2D eigenvalue weighted by atomic mass is 10.1. The maximum Gasteiger partial charge on any atom is 0.243 e. The van der Waals surface area contributed by atoms with Gasteiger partial charge in [-0.05, 0) is 38.0 Å². The fourth-order valence-corrected chi connectivity index (χ4v) is 6.12. The van der Waals surface area contributed by atoms with Crippen LogP contribution in [-0.2, 0) is 10.0 Å². The minimum absolute atomic E-state index is 0.0158. The first-order chi connectivity index (χ1) is 19.3. The predicted molar refractivity (Wildman–Crippen MR) is 153 cm³/mol. The number of nitrogens with zero attached hydrogens (tertiary/aromatic N) is 7. The predicted octanol–water partition coefficient (Wildman–Crippen LogP) is 7.52. The number of fused-ring (bicyclic) bond motifs is 1. The second-order valence-electron chi connectivity index (χ2n) is 9.29. The third-order valence-electron chi connectivity index (χ3n) is 6.51. The molecule has 0 saturated heterocycles. The maximum absolute atomic E-state index is 13.9. The molecule has 0 unspecified atom stereocenters. The van der Waals surface area contributed by atoms with E-state index in [4.69, 9.17) is 0 Å². The lowest BCUT2D eigenvalue weighted by molar-refractivity contribution is 0.289. The Hall–Kier alpha value is -4.16. The lowest BCUT2D eigenvalue weighted by Gasteiger charge is -2.23. The molecule has 0 fully saturated rings. The van der Waals surface area contributed by atoms with Crippen molar-refractivity contribution in [1.29, 1.82) is 0 Å². The van der Waals surface area contributed by atoms with E-state index < -0.39 is 10.0 Å². The molecule has 0 spiro atoms. The summed E-state index contributed by atoms with van der Waals surface area (Å²) < 4.78 is 30.7. The fraction of sp³-hybridized carbons (Fsp3) is 0.321. The third kappa shape index (κ3) is 5.87. The van der Waals surface area contributed by atoms with E-state index in [0.717, 1.165) is 25.7 Å². The number of rotatable bonds is 12. The molecule has 0 aliphatic carbocycles. The smallest absolute Gasteiger partial charge is 0.243 e. The van der Waals surface area contributed by atoms with Crippen molar-refractivity contribution in [3.63, 3.8) is 0 Å². The Balaban J connectivity index is 1.86. The van der Waals surface area contributed by atoms with Crippen LogP contribution in [0.2, 0.25) is 0 Å². The highest BCUT2D eigenvalue weighted by Gasteiger charge is 2.28. The number of benzene rings is 3. The molecule has 11 nitrogen and oxygen atoms in total. The number of sulfonamides is 1. The number of aromatic nitrogens is 2. The second kappa shape index (κ2) is 12.8. The van der Waals surface area contributed by atoms with Crippen LogP contribution in [0, 0.1) is 6.92 Å². The van der Waals surface area contributed by atoms with Crippen molar-refractivity contribution in [2.75, 3.05) is 13.1 Å². The van der Waals surface area contributed by atoms with Gasteiger partial charge in [-0.3, -0.25) is 0 Å². The van der Waals surface area contributed by atoms with Crippen molar-refractivity contribution in [1.82, 2.24) is 14.1 Å². The molecular weight excluding hydrogens is 530 g/mol. The lowest BCUT2D eigenvalue weighted by Crippen LogP contribution is -2.33. The van der Waals surface area contributed by atoms with Crippen molar-refractivity contribution in [3.8, 4) is 11.6 Å². The highest BCUT2D eigenvalue weighted by Crippen LogP contribution is 2.43. The van der Waals surface area contributed by atoms with Gasteiger partial charge in [0.1, 0.15) is 11.4 Å². The van der Waals surface area contributed by atoms with Gasteiger partial charge in [-0.1, -0.05) is 69.2 Å². The molecule has 0 atom stereocenters. The number of unbranched alkanes of at least 4 members (excludes halogenated alkanes) is 2. The van der Waals surface area contributed by atoms with Crippen LogP contribution in [-0.4, -0.2) is 45.9 Å². The minimum Gasteiger partial charge on any atom is -0.492 e. The molecule has 1 heterocycles. The molecule has 1 aromatic heterocycles. The zero-order valence-electron chi connectivity index (χ0n) is 22.8. The summed E-state index contributed by atoms with van der Waals surface area (Å²) in [7, 11) is -3.91. The van der Waals surface area contributed by atoms with Gasteiger partial charge in [-0.2, -0.15) is 14.1 Å². The van der Waals surface area contributed by atoms with Gasteiger partial charge in [0.15, 0.2) is 5.69 Å². The van der Waals surface area contributed by atoms with E-state index >= 15 is 0 Å². The Morgan fingerprint density at radius 2 is 1.48 bits per heavy atom. The molecule has 0 radical (unpaired) electrons. The molecular formula is C28H33N7O4S. The number of hydrogen-bond donors (Lipinski definition) is 2. The van der Waals surface area contributed by atoms with Crippen LogP contribution in [0.25, 0.3) is 16.5 Å². The molecule has 210 valence electrons. The number of aromatic hydroxyl groups is 1. The van der Waals surface area contributed by atoms with Crippen molar-refractivity contribution in [2.45, 2.75) is 51.3 Å². The quantitative estimate of drug-likeness (QED) is 0.135. The Morgan fingerprint density at radius 1 is 0.875 bits per heavy atom. The van der Waals surface area contributed by atoms with Gasteiger partial charge < -0.3 is 10.3 Å². The van der Waals surface area contributed by atoms with Crippen molar-refractivity contribution in [3.05, 3.63) is 66.4 Å². The van der Waals surface area contributed by atoms with Gasteiger partial charge in [-0.25, -0.2) is 8.42 Å². The highest BCUT2D eigenvalue weighted by molar-refractivity contribution is 7.89. The summed E-state index contributed by atoms with van der Waals surface area (Å²) in [5.74, 6) is -0.205. The van der Waals surface area contributed by atoms with E-state index in [1.54, 1.807) is 43.3 Å². The summed E-state index contributed by atoms with van der Waals surface area (Å²) in [5.41, 5.74) is 1.42. The molecule has 0 saturated carbocycles. The highest BCUT2D eigenvalue weighted by atomic mass is 32.2. The van der Waals surface area contributed by atoms with Gasteiger partial charge in [0.05, 0.1) is 16.3 Å². The first-order valence-electron chi connectivity index (χ1n) is 13.2. The van der Waals surface area contributed by atoms with Crippen molar-refractivity contribution >= 4 is 37.9 Å². The summed E-state index contributed by atoms with van der Waals surface area (Å²) in [6, 6.07) is 17.4. The molecule has 40 heavy (non-hydrogen) atoms. The maximum atomic E-state index is 13.9. The average Bonchev–Trinajstić information content (AvgIpc) is 3.25. The van der Waals surface area contributed by atoms with Gasteiger partial charge in [0.25, 0.3) is 0 Å². The van der Waals surface area contributed by atoms with E-state index in [9.17, 15) is 18.7 Å². The first kappa shape index (κ1) is 28.8. The molecule has 2 N–H and O–H groups in total. The summed E-state index contributed by atoms with van der Waals surface area (Å²) in [5, 5.41) is 40.8. The molecule has 0 aliphatic heterocycles. The molecule has 3 aromatic carbocycles. The third-order valence-corrected chi connectivity index (χ3v) is 8.44. The summed E-state index contributed by atoms with van der Waals surface area (Å²) in [4.78, 5) is 0.0487. The average molecular weight is 564 g/mol. The largest absolute Gasteiger partial charge is 0.492 e. The first-order valence-corrected chi connectivity index (χ1v) is 14.6. The zero-order chi connectivity index (χ0) is 28.7. The monoisotopic (exact) mass is 563 g/mol. The van der Waals surface area contributed by atoms with E-state index in [1.165, 1.54) is 15.1 Å². The summed E-state index contributed by atoms with van der Waals surface area (Å²) in [6.45, 7) is 6.52. The second-order valence-corrected chi connectivity index (χ2v) is 11.2. The van der Waals surface area contributed by atoms with Crippen molar-refractivity contribution < 1.29 is 18.7 Å². The van der Waals surface area contributed by atoms with Crippen LogP contribution in [0.4, 0.5) is 17.1 Å². The Kier molecular flexibility index (Phi) is 9.22. The van der Waals surface area contributed by atoms with Crippen LogP contribution in [0.3, 0.4) is 0 Å². The molecule has 0 amide bonds. The van der Waals surface area contributed by atoms with Gasteiger partial charge in [0, 0.05) is 29.1 Å². The van der Waals surface area contributed by atoms with Crippen LogP contribution in [0.1, 0.15) is 45.2 Å². The standard InChI is InChI=1S/C28H33N7O4S/c1-4-6-17-34(18-7-5-2)40(38,39)25-19-24(29-33-37)27(23-16-12-11-15-22(23)25)31-30-26-20(3)32-35(28(26)36)21-13-9-8-10-14-21/h8-16,19,36H,4-7,17-18H2,1-3H3,(H,29,37). The molecule has 0 aliphatic rings. The molecule has 4 aromatic rings. The minimum atomic E-state index is -3.91. The van der Waals surface area contributed by atoms with Gasteiger partial charge >= 0.3 is 0 Å². The number of azo groups is 1. The number of para-hydroxylation sites is 1. The van der Waals surface area contributed by atoms with Crippen LogP contribution in [0.5, 0.6) is 5.88 Å².